The average molecular weight is 320 g/mol. The van der Waals surface area contributed by atoms with Gasteiger partial charge in [0.05, 0.1) is 6.42 Å². The monoisotopic (exact) mass is 320 g/mol. The molecule has 0 aliphatic heterocycles. The first kappa shape index (κ1) is 19.5. The molecule has 1 N–H and O–H groups in total. The van der Waals surface area contributed by atoms with Crippen LogP contribution in [0.4, 0.5) is 0 Å². The Balaban J connectivity index is 3.27. The highest BCUT2D eigenvalue weighted by atomic mass is 16.5. The lowest BCUT2D eigenvalue weighted by Gasteiger charge is -2.31. The van der Waals surface area contributed by atoms with Gasteiger partial charge in [-0.1, -0.05) is 53.7 Å². The molecule has 1 aromatic carbocycles. The van der Waals surface area contributed by atoms with Gasteiger partial charge in [-0.05, 0) is 42.2 Å². The van der Waals surface area contributed by atoms with E-state index >= 15 is 0 Å². The summed E-state index contributed by atoms with van der Waals surface area (Å²) in [6.45, 7) is 15.1. The van der Waals surface area contributed by atoms with Crippen LogP contribution in [0.1, 0.15) is 78.9 Å². The van der Waals surface area contributed by atoms with Gasteiger partial charge >= 0.3 is 5.97 Å². The quantitative estimate of drug-likeness (QED) is 0.706. The summed E-state index contributed by atoms with van der Waals surface area (Å²) in [5.74, 6) is -0.0289. The van der Waals surface area contributed by atoms with E-state index in [0.717, 1.165) is 24.2 Å². The van der Waals surface area contributed by atoms with Crippen molar-refractivity contribution in [2.24, 2.45) is 0 Å². The van der Waals surface area contributed by atoms with Crippen LogP contribution < -0.4 is 4.74 Å². The van der Waals surface area contributed by atoms with Gasteiger partial charge in [0.25, 0.3) is 0 Å². The number of hydrogen-bond donors (Lipinski definition) is 1. The third-order valence-electron chi connectivity index (χ3n) is 5.05. The van der Waals surface area contributed by atoms with Crippen molar-refractivity contribution in [2.45, 2.75) is 84.7 Å². The van der Waals surface area contributed by atoms with Crippen molar-refractivity contribution < 1.29 is 14.6 Å². The van der Waals surface area contributed by atoms with E-state index in [2.05, 4.69) is 53.7 Å². The molecule has 3 nitrogen and oxygen atoms in total. The summed E-state index contributed by atoms with van der Waals surface area (Å²) < 4.78 is 5.96. The van der Waals surface area contributed by atoms with E-state index in [4.69, 9.17) is 9.84 Å². The topological polar surface area (TPSA) is 46.5 Å². The number of carboxylic acid groups (broad SMARTS) is 1. The van der Waals surface area contributed by atoms with Gasteiger partial charge in [0.15, 0.2) is 0 Å². The lowest BCUT2D eigenvalue weighted by molar-refractivity contribution is -0.138. The molecule has 0 aliphatic carbocycles. The summed E-state index contributed by atoms with van der Waals surface area (Å²) in [5.41, 5.74) is 2.56. The van der Waals surface area contributed by atoms with Crippen LogP contribution in [0.3, 0.4) is 0 Å². The first-order valence-corrected chi connectivity index (χ1v) is 8.57. The molecule has 0 heterocycles. The maximum atomic E-state index is 10.9. The molecule has 130 valence electrons. The molecule has 0 saturated carbocycles. The van der Waals surface area contributed by atoms with Crippen molar-refractivity contribution in [3.63, 3.8) is 0 Å². The minimum atomic E-state index is -0.836. The third kappa shape index (κ3) is 4.98. The first-order chi connectivity index (χ1) is 10.5. The van der Waals surface area contributed by atoms with E-state index in [0.29, 0.717) is 0 Å². The number of rotatable bonds is 8. The van der Waals surface area contributed by atoms with Gasteiger partial charge in [0.2, 0.25) is 0 Å². The van der Waals surface area contributed by atoms with Gasteiger partial charge in [-0.25, -0.2) is 0 Å². The van der Waals surface area contributed by atoms with Crippen LogP contribution in [0, 0.1) is 0 Å². The Kier molecular flexibility index (Phi) is 6.26. The maximum absolute atomic E-state index is 10.9. The molecule has 1 atom stereocenters. The van der Waals surface area contributed by atoms with E-state index in [1.165, 1.54) is 5.56 Å². The number of aliphatic carboxylic acids is 1. The Labute approximate surface area is 141 Å². The minimum Gasteiger partial charge on any atom is -0.490 e. The smallest absolute Gasteiger partial charge is 0.307 e. The molecule has 1 rings (SSSR count). The van der Waals surface area contributed by atoms with Crippen LogP contribution >= 0.6 is 0 Å². The largest absolute Gasteiger partial charge is 0.490 e. The van der Waals surface area contributed by atoms with Gasteiger partial charge in [-0.3, -0.25) is 4.79 Å². The average Bonchev–Trinajstić information content (AvgIpc) is 2.46. The fraction of sp³-hybridized carbons (Fsp3) is 0.650. The molecule has 0 aliphatic rings. The molecule has 0 saturated heterocycles. The lowest BCUT2D eigenvalue weighted by Crippen LogP contribution is -2.23. The Morgan fingerprint density at radius 3 is 2.17 bits per heavy atom. The number of carbonyl (C=O) groups is 1. The number of carboxylic acids is 1. The fourth-order valence-corrected chi connectivity index (χ4v) is 2.48. The second-order valence-corrected chi connectivity index (χ2v) is 7.71. The van der Waals surface area contributed by atoms with Gasteiger partial charge < -0.3 is 9.84 Å². The van der Waals surface area contributed by atoms with Crippen LogP contribution in [0.2, 0.25) is 0 Å². The second-order valence-electron chi connectivity index (χ2n) is 7.71. The van der Waals surface area contributed by atoms with Gasteiger partial charge in [-0.2, -0.15) is 0 Å². The van der Waals surface area contributed by atoms with Crippen molar-refractivity contribution in [2.75, 3.05) is 0 Å². The van der Waals surface area contributed by atoms with Crippen LogP contribution in [-0.2, 0) is 15.6 Å². The minimum absolute atomic E-state index is 0.00813. The standard InChI is InChI=1S/C20H32O3/c1-8-19(4,5)15-10-11-17(23-14(3)12-18(21)22)16(13-15)20(6,7)9-2/h10-11,13-14H,8-9,12H2,1-7H3,(H,21,22). The van der Waals surface area contributed by atoms with Crippen molar-refractivity contribution in [1.82, 2.24) is 0 Å². The van der Waals surface area contributed by atoms with Crippen molar-refractivity contribution in [3.05, 3.63) is 29.3 Å². The number of benzene rings is 1. The Hall–Kier alpha value is -1.51. The zero-order chi connectivity index (χ0) is 17.8. The van der Waals surface area contributed by atoms with E-state index < -0.39 is 5.97 Å². The van der Waals surface area contributed by atoms with Crippen LogP contribution in [0.25, 0.3) is 0 Å². The summed E-state index contributed by atoms with van der Waals surface area (Å²) in [6, 6.07) is 6.37. The van der Waals surface area contributed by atoms with Crippen LogP contribution in [0.15, 0.2) is 18.2 Å². The molecule has 1 unspecified atom stereocenters. The van der Waals surface area contributed by atoms with Gasteiger partial charge in [0.1, 0.15) is 11.9 Å². The summed E-state index contributed by atoms with van der Waals surface area (Å²) in [5, 5.41) is 8.94. The molecule has 0 fully saturated rings. The molecule has 1 aromatic rings. The normalized spacial score (nSPS) is 13.7. The molecule has 0 amide bonds. The number of hydrogen-bond acceptors (Lipinski definition) is 2. The van der Waals surface area contributed by atoms with E-state index in [-0.39, 0.29) is 23.4 Å². The Morgan fingerprint density at radius 1 is 1.13 bits per heavy atom. The zero-order valence-electron chi connectivity index (χ0n) is 15.7. The first-order valence-electron chi connectivity index (χ1n) is 8.57. The predicted molar refractivity (Wildman–Crippen MR) is 95.4 cm³/mol. The molecule has 3 heteroatoms. The molecule has 0 aromatic heterocycles. The van der Waals surface area contributed by atoms with E-state index in [9.17, 15) is 4.79 Å². The third-order valence-corrected chi connectivity index (χ3v) is 5.05. The van der Waals surface area contributed by atoms with Crippen molar-refractivity contribution in [3.8, 4) is 5.75 Å². The lowest BCUT2D eigenvalue weighted by atomic mass is 9.76. The molecule has 0 bridgehead atoms. The predicted octanol–water partition coefficient (Wildman–Crippen LogP) is 5.30. The van der Waals surface area contributed by atoms with E-state index in [1.54, 1.807) is 6.92 Å². The number of ether oxygens (including phenoxy) is 1. The Bertz CT molecular complexity index is 544. The summed E-state index contributed by atoms with van der Waals surface area (Å²) in [7, 11) is 0. The highest BCUT2D eigenvalue weighted by molar-refractivity contribution is 5.67. The highest BCUT2D eigenvalue weighted by Crippen LogP contribution is 2.38. The van der Waals surface area contributed by atoms with Crippen LogP contribution in [0.5, 0.6) is 5.75 Å². The second kappa shape index (κ2) is 7.37. The van der Waals surface area contributed by atoms with Crippen molar-refractivity contribution >= 4 is 5.97 Å². The van der Waals surface area contributed by atoms with E-state index in [1.807, 2.05) is 6.07 Å². The molecular weight excluding hydrogens is 288 g/mol. The van der Waals surface area contributed by atoms with Crippen molar-refractivity contribution in [1.29, 1.82) is 0 Å². The van der Waals surface area contributed by atoms with Crippen LogP contribution in [-0.4, -0.2) is 17.2 Å². The maximum Gasteiger partial charge on any atom is 0.307 e. The Morgan fingerprint density at radius 2 is 1.70 bits per heavy atom. The zero-order valence-corrected chi connectivity index (χ0v) is 15.7. The highest BCUT2D eigenvalue weighted by Gasteiger charge is 2.27. The fourth-order valence-electron chi connectivity index (χ4n) is 2.48. The van der Waals surface area contributed by atoms with Gasteiger partial charge in [-0.15, -0.1) is 0 Å². The summed E-state index contributed by atoms with van der Waals surface area (Å²) >= 11 is 0. The summed E-state index contributed by atoms with van der Waals surface area (Å²) in [6.07, 6.45) is 1.72. The molecule has 0 radical (unpaired) electrons. The molecule has 0 spiro atoms. The molecular formula is C20H32O3. The summed E-state index contributed by atoms with van der Waals surface area (Å²) in [4.78, 5) is 10.9. The molecule has 23 heavy (non-hydrogen) atoms. The SMILES string of the molecule is CCC(C)(C)c1ccc(OC(C)CC(=O)O)c(C(C)(C)CC)c1. The van der Waals surface area contributed by atoms with Gasteiger partial charge in [0, 0.05) is 5.56 Å².